The summed E-state index contributed by atoms with van der Waals surface area (Å²) in [7, 11) is -1.77. The number of oxime groups is 1. The summed E-state index contributed by atoms with van der Waals surface area (Å²) < 4.78 is 29.4. The first-order valence-electron chi connectivity index (χ1n) is 4.91. The van der Waals surface area contributed by atoms with Crippen LogP contribution in [-0.4, -0.2) is 56.3 Å². The van der Waals surface area contributed by atoms with E-state index < -0.39 is 10.0 Å². The van der Waals surface area contributed by atoms with Crippen molar-refractivity contribution in [3.8, 4) is 0 Å². The van der Waals surface area contributed by atoms with Gasteiger partial charge in [0.2, 0.25) is 10.0 Å². The van der Waals surface area contributed by atoms with Gasteiger partial charge in [0.05, 0.1) is 12.4 Å². The molecule has 16 heavy (non-hydrogen) atoms. The number of amidine groups is 1. The van der Waals surface area contributed by atoms with E-state index in [1.54, 1.807) is 6.92 Å². The lowest BCUT2D eigenvalue weighted by molar-refractivity contribution is 0.179. The molecule has 0 spiro atoms. The lowest BCUT2D eigenvalue weighted by Crippen LogP contribution is -2.37. The molecule has 0 aliphatic rings. The monoisotopic (exact) mass is 253 g/mol. The second kappa shape index (κ2) is 7.42. The number of methoxy groups -OCH3 is 1. The number of nitrogens with zero attached hydrogens (tertiary/aromatic N) is 2. The molecule has 0 saturated heterocycles. The highest BCUT2D eigenvalue weighted by Gasteiger charge is 2.19. The average Bonchev–Trinajstić information content (AvgIpc) is 2.28. The maximum absolute atomic E-state index is 11.6. The molecule has 0 radical (unpaired) electrons. The number of rotatable bonds is 8. The van der Waals surface area contributed by atoms with Gasteiger partial charge in [0.15, 0.2) is 0 Å². The van der Waals surface area contributed by atoms with Gasteiger partial charge in [-0.15, -0.1) is 0 Å². The highest BCUT2D eigenvalue weighted by atomic mass is 32.2. The van der Waals surface area contributed by atoms with Crippen LogP contribution < -0.4 is 5.73 Å². The van der Waals surface area contributed by atoms with Gasteiger partial charge in [0.25, 0.3) is 0 Å². The fourth-order valence-corrected chi connectivity index (χ4v) is 2.14. The molecule has 0 atom stereocenters. The lowest BCUT2D eigenvalue weighted by atomic mass is 10.4. The number of nitrogens with two attached hydrogens (primary N) is 1. The highest BCUT2D eigenvalue weighted by molar-refractivity contribution is 7.89. The molecule has 0 rings (SSSR count). The van der Waals surface area contributed by atoms with Gasteiger partial charge in [-0.25, -0.2) is 8.42 Å². The van der Waals surface area contributed by atoms with Gasteiger partial charge in [-0.05, 0) is 6.92 Å². The summed E-state index contributed by atoms with van der Waals surface area (Å²) in [6.07, 6.45) is 0.194. The van der Waals surface area contributed by atoms with Gasteiger partial charge in [-0.3, -0.25) is 0 Å². The van der Waals surface area contributed by atoms with Gasteiger partial charge in [0, 0.05) is 26.6 Å². The molecule has 0 aliphatic carbocycles. The first kappa shape index (κ1) is 15.1. The van der Waals surface area contributed by atoms with E-state index in [0.29, 0.717) is 6.61 Å². The van der Waals surface area contributed by atoms with Crippen LogP contribution in [0.4, 0.5) is 0 Å². The Morgan fingerprint density at radius 1 is 1.50 bits per heavy atom. The normalized spacial score (nSPS) is 13.3. The zero-order valence-corrected chi connectivity index (χ0v) is 10.4. The Hall–Kier alpha value is -0.860. The number of hydrogen-bond donors (Lipinski definition) is 2. The lowest BCUT2D eigenvalue weighted by Gasteiger charge is -2.20. The smallest absolute Gasteiger partial charge is 0.213 e. The number of hydrogen-bond acceptors (Lipinski definition) is 5. The third-order valence-corrected chi connectivity index (χ3v) is 3.93. The Balaban J connectivity index is 4.44. The van der Waals surface area contributed by atoms with E-state index in [1.807, 2.05) is 0 Å². The summed E-state index contributed by atoms with van der Waals surface area (Å²) in [6, 6.07) is 0. The van der Waals surface area contributed by atoms with E-state index in [0.717, 1.165) is 0 Å². The van der Waals surface area contributed by atoms with E-state index in [9.17, 15) is 8.42 Å². The molecule has 0 aromatic rings. The molecule has 0 saturated carbocycles. The summed E-state index contributed by atoms with van der Waals surface area (Å²) in [5.41, 5.74) is 5.28. The van der Waals surface area contributed by atoms with Crippen molar-refractivity contribution in [3.05, 3.63) is 0 Å². The Labute approximate surface area is 95.9 Å². The second-order valence-corrected chi connectivity index (χ2v) is 5.39. The number of sulfonamides is 1. The summed E-state index contributed by atoms with van der Waals surface area (Å²) in [5.74, 6) is 0.0288. The van der Waals surface area contributed by atoms with Crippen molar-refractivity contribution in [2.24, 2.45) is 10.9 Å². The van der Waals surface area contributed by atoms with Gasteiger partial charge < -0.3 is 15.7 Å². The summed E-state index contributed by atoms with van der Waals surface area (Å²) in [4.78, 5) is 0. The summed E-state index contributed by atoms with van der Waals surface area (Å²) >= 11 is 0. The second-order valence-electron chi connectivity index (χ2n) is 3.13. The van der Waals surface area contributed by atoms with Crippen LogP contribution in [-0.2, 0) is 14.8 Å². The minimum absolute atomic E-state index is 0.00807. The molecule has 0 aromatic carbocycles. The molecule has 0 unspecified atom stereocenters. The largest absolute Gasteiger partial charge is 0.409 e. The molecule has 7 nitrogen and oxygen atoms in total. The zero-order valence-electron chi connectivity index (χ0n) is 9.59. The minimum atomic E-state index is -3.28. The van der Waals surface area contributed by atoms with Gasteiger partial charge >= 0.3 is 0 Å². The van der Waals surface area contributed by atoms with Gasteiger partial charge in [-0.2, -0.15) is 4.31 Å². The summed E-state index contributed by atoms with van der Waals surface area (Å²) in [6.45, 7) is 2.34. The Kier molecular flexibility index (Phi) is 7.02. The standard InChI is InChI=1S/C8H19N3O4S/c1-3-16(13,14)11(6-7-15-2)5-4-8(9)10-12/h12H,3-7H2,1-2H3,(H2,9,10). The van der Waals surface area contributed by atoms with E-state index in [2.05, 4.69) is 5.16 Å². The zero-order chi connectivity index (χ0) is 12.6. The topological polar surface area (TPSA) is 105 Å². The molecule has 0 aliphatic heterocycles. The summed E-state index contributed by atoms with van der Waals surface area (Å²) in [5, 5.41) is 11.1. The van der Waals surface area contributed by atoms with Crippen LogP contribution in [0.1, 0.15) is 13.3 Å². The predicted octanol–water partition coefficient (Wildman–Crippen LogP) is -0.579. The Morgan fingerprint density at radius 3 is 2.56 bits per heavy atom. The van der Waals surface area contributed by atoms with E-state index in [-0.39, 0.29) is 31.1 Å². The average molecular weight is 253 g/mol. The fraction of sp³-hybridized carbons (Fsp3) is 0.875. The molecular formula is C8H19N3O4S. The fourth-order valence-electron chi connectivity index (χ4n) is 1.05. The van der Waals surface area contributed by atoms with Crippen molar-refractivity contribution in [3.63, 3.8) is 0 Å². The van der Waals surface area contributed by atoms with E-state index in [4.69, 9.17) is 15.7 Å². The predicted molar refractivity (Wildman–Crippen MR) is 60.9 cm³/mol. The maximum atomic E-state index is 11.6. The molecule has 3 N–H and O–H groups in total. The Bertz CT molecular complexity index is 315. The minimum Gasteiger partial charge on any atom is -0.409 e. The van der Waals surface area contributed by atoms with Crippen molar-refractivity contribution in [1.82, 2.24) is 4.31 Å². The third-order valence-electron chi connectivity index (χ3n) is 2.05. The highest BCUT2D eigenvalue weighted by Crippen LogP contribution is 2.02. The van der Waals surface area contributed by atoms with Crippen molar-refractivity contribution >= 4 is 15.9 Å². The van der Waals surface area contributed by atoms with Crippen molar-refractivity contribution < 1.29 is 18.4 Å². The Morgan fingerprint density at radius 2 is 2.12 bits per heavy atom. The van der Waals surface area contributed by atoms with Crippen LogP contribution >= 0.6 is 0 Å². The quantitative estimate of drug-likeness (QED) is 0.260. The third kappa shape index (κ3) is 5.29. The SMILES string of the molecule is CCS(=O)(=O)N(CCOC)CCC(N)=NO. The number of ether oxygens (including phenoxy) is 1. The first-order valence-corrected chi connectivity index (χ1v) is 6.52. The van der Waals surface area contributed by atoms with Gasteiger partial charge in [-0.1, -0.05) is 5.16 Å². The molecule has 8 heteroatoms. The maximum Gasteiger partial charge on any atom is 0.213 e. The van der Waals surface area contributed by atoms with Crippen molar-refractivity contribution in [2.45, 2.75) is 13.3 Å². The molecule has 0 aromatic heterocycles. The van der Waals surface area contributed by atoms with Crippen LogP contribution in [0, 0.1) is 0 Å². The first-order chi connectivity index (χ1) is 7.47. The van der Waals surface area contributed by atoms with Crippen molar-refractivity contribution in [2.75, 3.05) is 32.6 Å². The van der Waals surface area contributed by atoms with Crippen LogP contribution in [0.3, 0.4) is 0 Å². The molecule has 0 amide bonds. The van der Waals surface area contributed by atoms with E-state index >= 15 is 0 Å². The molecule has 96 valence electrons. The van der Waals surface area contributed by atoms with Crippen LogP contribution in [0.5, 0.6) is 0 Å². The molecule has 0 heterocycles. The molecule has 0 fully saturated rings. The molecule has 0 bridgehead atoms. The van der Waals surface area contributed by atoms with Crippen molar-refractivity contribution in [1.29, 1.82) is 0 Å². The van der Waals surface area contributed by atoms with Crippen LogP contribution in [0.2, 0.25) is 0 Å². The van der Waals surface area contributed by atoms with Crippen LogP contribution in [0.25, 0.3) is 0 Å². The van der Waals surface area contributed by atoms with Crippen LogP contribution in [0.15, 0.2) is 5.16 Å². The van der Waals surface area contributed by atoms with E-state index in [1.165, 1.54) is 11.4 Å². The van der Waals surface area contributed by atoms with Gasteiger partial charge in [0.1, 0.15) is 5.84 Å². The molecular weight excluding hydrogens is 234 g/mol.